The number of piperazine rings is 1. The minimum atomic E-state index is 0. The molecule has 8 heteroatoms. The Morgan fingerprint density at radius 3 is 2.48 bits per heavy atom. The average molecular weight is 543 g/mol. The van der Waals surface area contributed by atoms with Gasteiger partial charge >= 0.3 is 0 Å². The minimum Gasteiger partial charge on any atom is -0.368 e. The van der Waals surface area contributed by atoms with Crippen molar-refractivity contribution in [2.45, 2.75) is 38.6 Å². The predicted octanol–water partition coefficient (Wildman–Crippen LogP) is 2.38. The summed E-state index contributed by atoms with van der Waals surface area (Å²) in [4.78, 5) is 23.8. The van der Waals surface area contributed by atoms with Crippen LogP contribution in [0.25, 0.3) is 0 Å². The van der Waals surface area contributed by atoms with Gasteiger partial charge in [0.15, 0.2) is 5.96 Å². The molecule has 7 nitrogen and oxygen atoms in total. The smallest absolute Gasteiger partial charge is 0.242 e. The van der Waals surface area contributed by atoms with Crippen LogP contribution in [0.4, 0.5) is 5.69 Å². The Morgan fingerprint density at radius 1 is 1.06 bits per heavy atom. The third-order valence-corrected chi connectivity index (χ3v) is 6.30. The van der Waals surface area contributed by atoms with Crippen LogP contribution in [-0.2, 0) is 4.79 Å². The number of carbonyl (C=O) groups is 1. The summed E-state index contributed by atoms with van der Waals surface area (Å²) in [5.74, 6) is 0.837. The lowest BCUT2D eigenvalue weighted by Gasteiger charge is -2.36. The molecule has 1 amide bonds. The number of piperidine rings is 1. The van der Waals surface area contributed by atoms with E-state index in [1.165, 1.54) is 37.9 Å². The van der Waals surface area contributed by atoms with Gasteiger partial charge < -0.3 is 20.4 Å². The third-order valence-electron chi connectivity index (χ3n) is 6.30. The number of para-hydroxylation sites is 1. The van der Waals surface area contributed by atoms with Gasteiger partial charge in [-0.1, -0.05) is 31.5 Å². The number of amides is 1. The number of guanidine groups is 1. The Kier molecular flexibility index (Phi) is 11.4. The molecular weight excluding hydrogens is 503 g/mol. The molecule has 0 saturated carbocycles. The molecule has 2 N–H and O–H groups in total. The highest BCUT2D eigenvalue weighted by atomic mass is 127. The number of likely N-dealkylation sites (tertiary alicyclic amines) is 1. The van der Waals surface area contributed by atoms with Crippen LogP contribution >= 0.6 is 24.0 Å². The number of benzene rings is 1. The van der Waals surface area contributed by atoms with Gasteiger partial charge in [0.1, 0.15) is 0 Å². The van der Waals surface area contributed by atoms with E-state index in [4.69, 9.17) is 0 Å². The number of hydrogen-bond donors (Lipinski definition) is 2. The van der Waals surface area contributed by atoms with E-state index in [9.17, 15) is 4.79 Å². The lowest BCUT2D eigenvalue weighted by molar-refractivity contribution is -0.130. The number of halogens is 1. The van der Waals surface area contributed by atoms with Crippen molar-refractivity contribution in [3.8, 4) is 0 Å². The number of anilines is 1. The number of rotatable bonds is 7. The first-order valence-electron chi connectivity index (χ1n) is 11.5. The fraction of sp³-hybridized carbons (Fsp3) is 0.652. The van der Waals surface area contributed by atoms with Crippen molar-refractivity contribution in [1.29, 1.82) is 0 Å². The molecule has 2 heterocycles. The molecule has 1 atom stereocenters. The summed E-state index contributed by atoms with van der Waals surface area (Å²) >= 11 is 0. The summed E-state index contributed by atoms with van der Waals surface area (Å²) in [7, 11) is 1.76. The van der Waals surface area contributed by atoms with E-state index in [0.717, 1.165) is 39.3 Å². The SMILES string of the molecule is CCC1CCCCN1CCNC(=NC)NCC(=O)N1CCN(c2ccccc2)CC1.I. The van der Waals surface area contributed by atoms with Crippen LogP contribution in [0.5, 0.6) is 0 Å². The molecule has 0 spiro atoms. The second-order valence-electron chi connectivity index (χ2n) is 8.15. The van der Waals surface area contributed by atoms with Gasteiger partial charge in [0, 0.05) is 58.0 Å². The second kappa shape index (κ2) is 13.8. The molecule has 0 bridgehead atoms. The molecule has 2 fully saturated rings. The molecule has 1 unspecified atom stereocenters. The minimum absolute atomic E-state index is 0. The fourth-order valence-corrected chi connectivity index (χ4v) is 4.48. The van der Waals surface area contributed by atoms with Gasteiger partial charge in [0.25, 0.3) is 0 Å². The first-order valence-corrected chi connectivity index (χ1v) is 11.5. The zero-order valence-electron chi connectivity index (χ0n) is 19.1. The van der Waals surface area contributed by atoms with Crippen molar-refractivity contribution >= 4 is 41.5 Å². The van der Waals surface area contributed by atoms with E-state index in [1.807, 2.05) is 11.0 Å². The van der Waals surface area contributed by atoms with Crippen molar-refractivity contribution in [2.24, 2.45) is 4.99 Å². The van der Waals surface area contributed by atoms with Crippen molar-refractivity contribution in [2.75, 3.05) is 64.3 Å². The molecule has 0 radical (unpaired) electrons. The van der Waals surface area contributed by atoms with E-state index in [-0.39, 0.29) is 36.4 Å². The van der Waals surface area contributed by atoms with Gasteiger partial charge in [0.05, 0.1) is 6.54 Å². The predicted molar refractivity (Wildman–Crippen MR) is 140 cm³/mol. The van der Waals surface area contributed by atoms with Crippen molar-refractivity contribution < 1.29 is 4.79 Å². The molecule has 2 saturated heterocycles. The molecule has 2 aliphatic heterocycles. The number of hydrogen-bond acceptors (Lipinski definition) is 4. The van der Waals surface area contributed by atoms with Crippen molar-refractivity contribution in [3.05, 3.63) is 30.3 Å². The molecule has 3 rings (SSSR count). The maximum atomic E-state index is 12.6. The van der Waals surface area contributed by atoms with E-state index in [2.05, 4.69) is 56.6 Å². The summed E-state index contributed by atoms with van der Waals surface area (Å²) in [5, 5.41) is 6.55. The van der Waals surface area contributed by atoms with Gasteiger partial charge in [0.2, 0.25) is 5.91 Å². The lowest BCUT2D eigenvalue weighted by Crippen LogP contribution is -2.52. The van der Waals surface area contributed by atoms with Crippen LogP contribution in [-0.4, -0.2) is 87.1 Å². The zero-order chi connectivity index (χ0) is 21.2. The number of nitrogens with zero attached hydrogens (tertiary/aromatic N) is 4. The lowest BCUT2D eigenvalue weighted by atomic mass is 10.0. The first kappa shape index (κ1) is 25.7. The van der Waals surface area contributed by atoms with Gasteiger partial charge in [-0.2, -0.15) is 0 Å². The summed E-state index contributed by atoms with van der Waals surface area (Å²) in [6.45, 7) is 8.89. The Balaban J connectivity index is 0.00000341. The van der Waals surface area contributed by atoms with Crippen LogP contribution < -0.4 is 15.5 Å². The van der Waals surface area contributed by atoms with Gasteiger partial charge in [-0.3, -0.25) is 14.7 Å². The fourth-order valence-electron chi connectivity index (χ4n) is 4.48. The number of carbonyl (C=O) groups excluding carboxylic acids is 1. The Morgan fingerprint density at radius 2 is 1.81 bits per heavy atom. The Bertz CT molecular complexity index is 678. The summed E-state index contributed by atoms with van der Waals surface area (Å²) in [6.07, 6.45) is 5.19. The maximum Gasteiger partial charge on any atom is 0.242 e. The molecule has 0 aromatic heterocycles. The summed E-state index contributed by atoms with van der Waals surface area (Å²) in [6, 6.07) is 11.1. The van der Waals surface area contributed by atoms with E-state index in [0.29, 0.717) is 12.0 Å². The molecule has 31 heavy (non-hydrogen) atoms. The van der Waals surface area contributed by atoms with Crippen LogP contribution in [0.3, 0.4) is 0 Å². The van der Waals surface area contributed by atoms with Crippen LogP contribution in [0.15, 0.2) is 35.3 Å². The quantitative estimate of drug-likeness (QED) is 0.315. The van der Waals surface area contributed by atoms with Crippen molar-refractivity contribution in [1.82, 2.24) is 20.4 Å². The zero-order valence-corrected chi connectivity index (χ0v) is 21.4. The highest BCUT2D eigenvalue weighted by Crippen LogP contribution is 2.18. The molecule has 0 aliphatic carbocycles. The topological polar surface area (TPSA) is 63.2 Å². The standard InChI is InChI=1S/C23H38N6O.HI/c1-3-20-9-7-8-13-27(20)14-12-25-23(24-2)26-19-22(30)29-17-15-28(16-18-29)21-10-5-4-6-11-21;/h4-6,10-11,20H,3,7-9,12-19H2,1-2H3,(H2,24,25,26);1H. The van der Waals surface area contributed by atoms with Gasteiger partial charge in [-0.05, 0) is 37.9 Å². The number of aliphatic imine (C=N–C) groups is 1. The van der Waals surface area contributed by atoms with E-state index < -0.39 is 0 Å². The first-order chi connectivity index (χ1) is 14.7. The second-order valence-corrected chi connectivity index (χ2v) is 8.15. The Labute approximate surface area is 204 Å². The van der Waals surface area contributed by atoms with E-state index >= 15 is 0 Å². The largest absolute Gasteiger partial charge is 0.368 e. The summed E-state index contributed by atoms with van der Waals surface area (Å²) < 4.78 is 0. The molecule has 2 aliphatic rings. The number of nitrogens with one attached hydrogen (secondary N) is 2. The average Bonchev–Trinajstić information content (AvgIpc) is 2.82. The third kappa shape index (κ3) is 7.82. The van der Waals surface area contributed by atoms with E-state index in [1.54, 1.807) is 7.05 Å². The molecule has 174 valence electrons. The molecule has 1 aromatic rings. The monoisotopic (exact) mass is 542 g/mol. The van der Waals surface area contributed by atoms with Crippen LogP contribution in [0, 0.1) is 0 Å². The van der Waals surface area contributed by atoms with Gasteiger partial charge in [-0.15, -0.1) is 24.0 Å². The highest BCUT2D eigenvalue weighted by Gasteiger charge is 2.22. The van der Waals surface area contributed by atoms with Crippen LogP contribution in [0.1, 0.15) is 32.6 Å². The molecular formula is C23H39IN6O. The van der Waals surface area contributed by atoms with Crippen LogP contribution in [0.2, 0.25) is 0 Å². The maximum absolute atomic E-state index is 12.6. The van der Waals surface area contributed by atoms with Crippen molar-refractivity contribution in [3.63, 3.8) is 0 Å². The highest BCUT2D eigenvalue weighted by molar-refractivity contribution is 14.0. The normalized spacial score (nSPS) is 20.2. The molecule has 1 aromatic carbocycles. The van der Waals surface area contributed by atoms with Gasteiger partial charge in [-0.25, -0.2) is 0 Å². The Hall–Kier alpha value is -1.55. The summed E-state index contributed by atoms with van der Waals surface area (Å²) in [5.41, 5.74) is 1.23.